The standard InChI is InChI=1S/C14H19N3O/c15-14-3-1-2-13(10-14,4-5-14)8-12(18)11-9-16-6-7-17-11/h6-7,9H,1-5,8,10,15H2. The van der Waals surface area contributed by atoms with Crippen LogP contribution in [0.4, 0.5) is 0 Å². The molecule has 2 bridgehead atoms. The molecule has 2 aliphatic carbocycles. The fraction of sp³-hybridized carbons (Fsp3) is 0.643. The first-order valence-corrected chi connectivity index (χ1v) is 6.69. The first-order valence-electron chi connectivity index (χ1n) is 6.69. The summed E-state index contributed by atoms with van der Waals surface area (Å²) < 4.78 is 0. The summed E-state index contributed by atoms with van der Waals surface area (Å²) in [6.07, 6.45) is 11.9. The van der Waals surface area contributed by atoms with Gasteiger partial charge in [0.05, 0.1) is 6.20 Å². The Kier molecular flexibility index (Phi) is 2.70. The molecule has 0 amide bonds. The molecule has 4 heteroatoms. The largest absolute Gasteiger partial charge is 0.325 e. The molecule has 2 aliphatic rings. The average Bonchev–Trinajstić information content (AvgIpc) is 2.60. The molecule has 2 unspecified atom stereocenters. The van der Waals surface area contributed by atoms with Crippen LogP contribution in [0.5, 0.6) is 0 Å². The van der Waals surface area contributed by atoms with E-state index in [0.29, 0.717) is 12.1 Å². The molecule has 0 aliphatic heterocycles. The zero-order chi connectivity index (χ0) is 12.6. The number of Topliss-reactive ketones (excluding diaryl/α,β-unsaturated/α-hetero) is 1. The summed E-state index contributed by atoms with van der Waals surface area (Å²) in [4.78, 5) is 20.3. The van der Waals surface area contributed by atoms with E-state index < -0.39 is 0 Å². The normalized spacial score (nSPS) is 34.5. The number of nitrogens with two attached hydrogens (primary N) is 1. The van der Waals surface area contributed by atoms with E-state index in [1.54, 1.807) is 18.6 Å². The molecular weight excluding hydrogens is 226 g/mol. The maximum absolute atomic E-state index is 12.3. The number of carbonyl (C=O) groups is 1. The maximum Gasteiger partial charge on any atom is 0.183 e. The van der Waals surface area contributed by atoms with E-state index in [1.165, 1.54) is 0 Å². The molecule has 96 valence electrons. The predicted molar refractivity (Wildman–Crippen MR) is 68.0 cm³/mol. The predicted octanol–water partition coefficient (Wildman–Crippen LogP) is 2.10. The minimum Gasteiger partial charge on any atom is -0.325 e. The van der Waals surface area contributed by atoms with Gasteiger partial charge >= 0.3 is 0 Å². The third-order valence-corrected chi connectivity index (χ3v) is 4.65. The number of ketones is 1. The number of hydrogen-bond donors (Lipinski definition) is 1. The van der Waals surface area contributed by atoms with Crippen LogP contribution in [0.2, 0.25) is 0 Å². The molecule has 0 spiro atoms. The molecule has 3 rings (SSSR count). The number of nitrogens with zero attached hydrogens (tertiary/aromatic N) is 2. The van der Waals surface area contributed by atoms with Crippen molar-refractivity contribution in [2.24, 2.45) is 11.1 Å². The number of rotatable bonds is 3. The molecule has 0 saturated heterocycles. The summed E-state index contributed by atoms with van der Waals surface area (Å²) in [6.45, 7) is 0. The van der Waals surface area contributed by atoms with E-state index in [9.17, 15) is 4.79 Å². The van der Waals surface area contributed by atoms with Crippen LogP contribution in [0.25, 0.3) is 0 Å². The maximum atomic E-state index is 12.3. The minimum atomic E-state index is 0.000889. The molecule has 1 aromatic rings. The lowest BCUT2D eigenvalue weighted by atomic mass is 9.70. The van der Waals surface area contributed by atoms with Gasteiger partial charge in [-0.1, -0.05) is 6.42 Å². The van der Waals surface area contributed by atoms with Crippen LogP contribution in [-0.2, 0) is 0 Å². The molecular formula is C14H19N3O. The summed E-state index contributed by atoms with van der Waals surface area (Å²) in [6, 6.07) is 0. The van der Waals surface area contributed by atoms with Gasteiger partial charge in [0.15, 0.2) is 5.78 Å². The van der Waals surface area contributed by atoms with Gasteiger partial charge < -0.3 is 5.73 Å². The van der Waals surface area contributed by atoms with Gasteiger partial charge in [0.1, 0.15) is 5.69 Å². The van der Waals surface area contributed by atoms with Crippen molar-refractivity contribution in [3.8, 4) is 0 Å². The Hall–Kier alpha value is -1.29. The lowest BCUT2D eigenvalue weighted by molar-refractivity contribution is 0.0866. The van der Waals surface area contributed by atoms with Crippen LogP contribution < -0.4 is 5.73 Å². The average molecular weight is 245 g/mol. The van der Waals surface area contributed by atoms with Crippen molar-refractivity contribution in [3.05, 3.63) is 24.3 Å². The molecule has 2 N–H and O–H groups in total. The summed E-state index contributed by atoms with van der Waals surface area (Å²) in [5, 5.41) is 0. The molecule has 2 atom stereocenters. The zero-order valence-electron chi connectivity index (χ0n) is 10.6. The van der Waals surface area contributed by atoms with Crippen LogP contribution in [-0.4, -0.2) is 21.3 Å². The van der Waals surface area contributed by atoms with Crippen LogP contribution in [0.15, 0.2) is 18.6 Å². The third kappa shape index (κ3) is 2.05. The highest BCUT2D eigenvalue weighted by atomic mass is 16.1. The fourth-order valence-electron chi connectivity index (χ4n) is 3.79. The Morgan fingerprint density at radius 1 is 1.28 bits per heavy atom. The van der Waals surface area contributed by atoms with E-state index >= 15 is 0 Å². The lowest BCUT2D eigenvalue weighted by Crippen LogP contribution is -2.41. The second-order valence-corrected chi connectivity index (χ2v) is 6.08. The van der Waals surface area contributed by atoms with Gasteiger partial charge in [0.25, 0.3) is 0 Å². The summed E-state index contributed by atoms with van der Waals surface area (Å²) in [5.74, 6) is 0.120. The number of carbonyl (C=O) groups excluding carboxylic acids is 1. The highest BCUT2D eigenvalue weighted by molar-refractivity contribution is 5.94. The molecule has 1 heterocycles. The zero-order valence-corrected chi connectivity index (χ0v) is 10.6. The molecule has 18 heavy (non-hydrogen) atoms. The quantitative estimate of drug-likeness (QED) is 0.828. The molecule has 0 radical (unpaired) electrons. The van der Waals surface area contributed by atoms with Gasteiger partial charge in [0, 0.05) is 24.4 Å². The number of aromatic nitrogens is 2. The third-order valence-electron chi connectivity index (χ3n) is 4.65. The van der Waals surface area contributed by atoms with Crippen LogP contribution in [0, 0.1) is 5.41 Å². The molecule has 2 saturated carbocycles. The Morgan fingerprint density at radius 2 is 2.17 bits per heavy atom. The van der Waals surface area contributed by atoms with E-state index in [4.69, 9.17) is 5.73 Å². The van der Waals surface area contributed by atoms with E-state index in [2.05, 4.69) is 9.97 Å². The van der Waals surface area contributed by atoms with Crippen LogP contribution >= 0.6 is 0 Å². The molecule has 1 aromatic heterocycles. The second kappa shape index (κ2) is 4.12. The van der Waals surface area contributed by atoms with Gasteiger partial charge in [-0.25, -0.2) is 4.98 Å². The highest BCUT2D eigenvalue weighted by Gasteiger charge is 2.49. The van der Waals surface area contributed by atoms with Crippen molar-refractivity contribution in [2.75, 3.05) is 0 Å². The van der Waals surface area contributed by atoms with Gasteiger partial charge in [-0.3, -0.25) is 9.78 Å². The van der Waals surface area contributed by atoms with Gasteiger partial charge in [-0.15, -0.1) is 0 Å². The topological polar surface area (TPSA) is 68.9 Å². The Morgan fingerprint density at radius 3 is 2.94 bits per heavy atom. The number of fused-ring (bicyclic) bond motifs is 2. The van der Waals surface area contributed by atoms with E-state index in [-0.39, 0.29) is 16.7 Å². The van der Waals surface area contributed by atoms with Crippen LogP contribution in [0.3, 0.4) is 0 Å². The summed E-state index contributed by atoms with van der Waals surface area (Å²) in [7, 11) is 0. The van der Waals surface area contributed by atoms with Crippen molar-refractivity contribution in [1.29, 1.82) is 0 Å². The van der Waals surface area contributed by atoms with Gasteiger partial charge in [0.2, 0.25) is 0 Å². The van der Waals surface area contributed by atoms with Gasteiger partial charge in [-0.05, 0) is 37.5 Å². The van der Waals surface area contributed by atoms with Gasteiger partial charge in [-0.2, -0.15) is 0 Å². The fourth-order valence-corrected chi connectivity index (χ4v) is 3.79. The van der Waals surface area contributed by atoms with Crippen LogP contribution in [0.1, 0.15) is 55.4 Å². The number of hydrogen-bond acceptors (Lipinski definition) is 4. The summed E-state index contributed by atoms with van der Waals surface area (Å²) in [5.41, 5.74) is 6.99. The van der Waals surface area contributed by atoms with Crippen molar-refractivity contribution in [1.82, 2.24) is 9.97 Å². The van der Waals surface area contributed by atoms with E-state index in [0.717, 1.165) is 38.5 Å². The van der Waals surface area contributed by atoms with Crippen molar-refractivity contribution in [3.63, 3.8) is 0 Å². The van der Waals surface area contributed by atoms with Crippen molar-refractivity contribution in [2.45, 2.75) is 50.5 Å². The monoisotopic (exact) mass is 245 g/mol. The van der Waals surface area contributed by atoms with Crippen molar-refractivity contribution >= 4 is 5.78 Å². The first-order chi connectivity index (χ1) is 8.61. The molecule has 2 fully saturated rings. The highest BCUT2D eigenvalue weighted by Crippen LogP contribution is 2.54. The molecule has 4 nitrogen and oxygen atoms in total. The summed E-state index contributed by atoms with van der Waals surface area (Å²) >= 11 is 0. The lowest BCUT2D eigenvalue weighted by Gasteiger charge is -2.37. The van der Waals surface area contributed by atoms with Crippen molar-refractivity contribution < 1.29 is 4.79 Å². The smallest absolute Gasteiger partial charge is 0.183 e. The first kappa shape index (κ1) is 11.8. The van der Waals surface area contributed by atoms with E-state index in [1.807, 2.05) is 0 Å². The Bertz CT molecular complexity index is 461. The Balaban J connectivity index is 1.75. The molecule has 0 aromatic carbocycles. The SMILES string of the molecule is NC12CCCC(CC(=O)c3cnccn3)(CC1)C2. The Labute approximate surface area is 107 Å². The minimum absolute atomic E-state index is 0.000889. The second-order valence-electron chi connectivity index (χ2n) is 6.08.